The van der Waals surface area contributed by atoms with Gasteiger partial charge in [0.25, 0.3) is 5.91 Å². The fourth-order valence-corrected chi connectivity index (χ4v) is 2.34. The summed E-state index contributed by atoms with van der Waals surface area (Å²) in [5.41, 5.74) is 1.35. The minimum absolute atomic E-state index is 0.0602. The highest BCUT2D eigenvalue weighted by Gasteiger charge is 2.29. The Balaban J connectivity index is 2.06. The van der Waals surface area contributed by atoms with Gasteiger partial charge in [-0.15, -0.1) is 11.6 Å². The van der Waals surface area contributed by atoms with Gasteiger partial charge in [0.2, 0.25) is 0 Å². The predicted molar refractivity (Wildman–Crippen MR) is 71.9 cm³/mol. The summed E-state index contributed by atoms with van der Waals surface area (Å²) in [6.07, 6.45) is 1.94. The number of amides is 1. The molecule has 0 aliphatic carbocycles. The van der Waals surface area contributed by atoms with Gasteiger partial charge in [-0.1, -0.05) is 12.1 Å². The molecule has 3 nitrogen and oxygen atoms in total. The number of carbonyl (C=O) groups is 1. The predicted octanol–water partition coefficient (Wildman–Crippen LogP) is 2.72. The van der Waals surface area contributed by atoms with Crippen molar-refractivity contribution < 1.29 is 9.53 Å². The fourth-order valence-electron chi connectivity index (χ4n) is 2.17. The standard InChI is InChI=1S/C14H18ClNO2/c1-14(6-3-7-18-10-14)16-13(17)12-5-2-4-11(8-12)9-15/h2,4-5,8H,3,6-7,9-10H2,1H3,(H,16,17). The summed E-state index contributed by atoms with van der Waals surface area (Å²) in [6, 6.07) is 7.40. The first kappa shape index (κ1) is 13.4. The highest BCUT2D eigenvalue weighted by Crippen LogP contribution is 2.19. The molecular weight excluding hydrogens is 250 g/mol. The van der Waals surface area contributed by atoms with E-state index in [1.165, 1.54) is 0 Å². The lowest BCUT2D eigenvalue weighted by Gasteiger charge is -2.34. The molecule has 0 aromatic heterocycles. The van der Waals surface area contributed by atoms with Crippen molar-refractivity contribution in [2.45, 2.75) is 31.2 Å². The lowest BCUT2D eigenvalue weighted by molar-refractivity contribution is 0.0272. The van der Waals surface area contributed by atoms with Crippen molar-refractivity contribution in [1.82, 2.24) is 5.32 Å². The van der Waals surface area contributed by atoms with E-state index in [4.69, 9.17) is 16.3 Å². The summed E-state index contributed by atoms with van der Waals surface area (Å²) in [5.74, 6) is 0.358. The highest BCUT2D eigenvalue weighted by molar-refractivity contribution is 6.17. The van der Waals surface area contributed by atoms with Crippen LogP contribution in [0.4, 0.5) is 0 Å². The SMILES string of the molecule is CC1(NC(=O)c2cccc(CCl)c2)CCCOC1. The molecule has 0 bridgehead atoms. The van der Waals surface area contributed by atoms with Gasteiger partial charge in [-0.3, -0.25) is 4.79 Å². The van der Waals surface area contributed by atoms with E-state index in [2.05, 4.69) is 5.32 Å². The zero-order chi connectivity index (χ0) is 13.0. The van der Waals surface area contributed by atoms with E-state index in [-0.39, 0.29) is 11.4 Å². The normalized spacial score (nSPS) is 23.7. The maximum atomic E-state index is 12.2. The molecule has 0 radical (unpaired) electrons. The van der Waals surface area contributed by atoms with E-state index in [1.807, 2.05) is 25.1 Å². The molecule has 1 aromatic carbocycles. The van der Waals surface area contributed by atoms with Gasteiger partial charge in [0.15, 0.2) is 0 Å². The first-order valence-electron chi connectivity index (χ1n) is 6.18. The van der Waals surface area contributed by atoms with Crippen molar-refractivity contribution in [3.05, 3.63) is 35.4 Å². The molecule has 0 spiro atoms. The van der Waals surface area contributed by atoms with Crippen LogP contribution in [0.2, 0.25) is 0 Å². The van der Waals surface area contributed by atoms with Gasteiger partial charge in [0.1, 0.15) is 0 Å². The number of halogens is 1. The van der Waals surface area contributed by atoms with Crippen molar-refractivity contribution in [3.8, 4) is 0 Å². The van der Waals surface area contributed by atoms with Gasteiger partial charge in [0.05, 0.1) is 12.1 Å². The molecule has 18 heavy (non-hydrogen) atoms. The van der Waals surface area contributed by atoms with E-state index in [0.29, 0.717) is 18.1 Å². The van der Waals surface area contributed by atoms with Crippen molar-refractivity contribution in [3.63, 3.8) is 0 Å². The van der Waals surface area contributed by atoms with E-state index in [0.717, 1.165) is 25.0 Å². The van der Waals surface area contributed by atoms with Crippen LogP contribution in [-0.2, 0) is 10.6 Å². The maximum Gasteiger partial charge on any atom is 0.251 e. The van der Waals surface area contributed by atoms with Gasteiger partial charge < -0.3 is 10.1 Å². The molecule has 0 saturated carbocycles. The summed E-state index contributed by atoms with van der Waals surface area (Å²) in [5, 5.41) is 3.06. The first-order valence-corrected chi connectivity index (χ1v) is 6.72. The lowest BCUT2D eigenvalue weighted by Crippen LogP contribution is -2.51. The molecule has 1 aromatic rings. The number of ether oxygens (including phenoxy) is 1. The Bertz CT molecular complexity index is 428. The van der Waals surface area contributed by atoms with Crippen LogP contribution in [0.15, 0.2) is 24.3 Å². The summed E-state index contributed by atoms with van der Waals surface area (Å²) in [6.45, 7) is 3.39. The number of benzene rings is 1. The molecule has 1 fully saturated rings. The maximum absolute atomic E-state index is 12.2. The number of carbonyl (C=O) groups excluding carboxylic acids is 1. The molecule has 4 heteroatoms. The van der Waals surface area contributed by atoms with Gasteiger partial charge in [-0.25, -0.2) is 0 Å². The molecular formula is C14H18ClNO2. The number of hydrogen-bond donors (Lipinski definition) is 1. The summed E-state index contributed by atoms with van der Waals surface area (Å²) in [4.78, 5) is 12.2. The third kappa shape index (κ3) is 3.24. The smallest absolute Gasteiger partial charge is 0.251 e. The zero-order valence-corrected chi connectivity index (χ0v) is 11.3. The van der Waals surface area contributed by atoms with Gasteiger partial charge in [-0.05, 0) is 37.5 Å². The molecule has 1 heterocycles. The van der Waals surface area contributed by atoms with Crippen LogP contribution >= 0.6 is 11.6 Å². The second-order valence-corrected chi connectivity index (χ2v) is 5.27. The molecule has 1 saturated heterocycles. The van der Waals surface area contributed by atoms with Crippen molar-refractivity contribution in [2.75, 3.05) is 13.2 Å². The molecule has 2 rings (SSSR count). The minimum atomic E-state index is -0.258. The molecule has 1 N–H and O–H groups in total. The Kier molecular flexibility index (Phi) is 4.25. The zero-order valence-electron chi connectivity index (χ0n) is 10.5. The van der Waals surface area contributed by atoms with Gasteiger partial charge >= 0.3 is 0 Å². The van der Waals surface area contributed by atoms with E-state index in [1.54, 1.807) is 6.07 Å². The molecule has 1 aliphatic heterocycles. The summed E-state index contributed by atoms with van der Waals surface area (Å²) < 4.78 is 5.43. The number of alkyl halides is 1. The van der Waals surface area contributed by atoms with Crippen LogP contribution in [0.3, 0.4) is 0 Å². The largest absolute Gasteiger partial charge is 0.379 e. The van der Waals surface area contributed by atoms with Crippen LogP contribution in [0.25, 0.3) is 0 Å². The molecule has 98 valence electrons. The Labute approximate surface area is 112 Å². The first-order chi connectivity index (χ1) is 8.63. The van der Waals surface area contributed by atoms with Crippen LogP contribution in [-0.4, -0.2) is 24.7 Å². The lowest BCUT2D eigenvalue weighted by atomic mass is 9.94. The van der Waals surface area contributed by atoms with Gasteiger partial charge in [-0.2, -0.15) is 0 Å². The average Bonchev–Trinajstić information content (AvgIpc) is 2.39. The number of rotatable bonds is 3. The van der Waals surface area contributed by atoms with Crippen LogP contribution in [0.1, 0.15) is 35.7 Å². The Morgan fingerprint density at radius 3 is 3.06 bits per heavy atom. The van der Waals surface area contributed by atoms with Crippen molar-refractivity contribution in [1.29, 1.82) is 0 Å². The monoisotopic (exact) mass is 267 g/mol. The summed E-state index contributed by atoms with van der Waals surface area (Å²) in [7, 11) is 0. The Morgan fingerprint density at radius 1 is 1.56 bits per heavy atom. The van der Waals surface area contributed by atoms with E-state index >= 15 is 0 Å². The second-order valence-electron chi connectivity index (χ2n) is 5.00. The van der Waals surface area contributed by atoms with Crippen molar-refractivity contribution in [2.24, 2.45) is 0 Å². The quantitative estimate of drug-likeness (QED) is 0.855. The van der Waals surface area contributed by atoms with Crippen LogP contribution in [0, 0.1) is 0 Å². The summed E-state index contributed by atoms with van der Waals surface area (Å²) >= 11 is 5.77. The van der Waals surface area contributed by atoms with Crippen LogP contribution in [0.5, 0.6) is 0 Å². The number of hydrogen-bond acceptors (Lipinski definition) is 2. The minimum Gasteiger partial charge on any atom is -0.379 e. The third-order valence-corrected chi connectivity index (χ3v) is 3.51. The van der Waals surface area contributed by atoms with Gasteiger partial charge in [0, 0.05) is 18.1 Å². The molecule has 1 atom stereocenters. The fraction of sp³-hybridized carbons (Fsp3) is 0.500. The Morgan fingerprint density at radius 2 is 2.39 bits per heavy atom. The molecule has 1 unspecified atom stereocenters. The highest BCUT2D eigenvalue weighted by atomic mass is 35.5. The van der Waals surface area contributed by atoms with Crippen LogP contribution < -0.4 is 5.32 Å². The Hall–Kier alpha value is -1.06. The van der Waals surface area contributed by atoms with E-state index < -0.39 is 0 Å². The second kappa shape index (κ2) is 5.72. The number of nitrogens with one attached hydrogen (secondary N) is 1. The van der Waals surface area contributed by atoms with Crippen molar-refractivity contribution >= 4 is 17.5 Å². The molecule has 1 amide bonds. The van der Waals surface area contributed by atoms with E-state index in [9.17, 15) is 4.79 Å². The topological polar surface area (TPSA) is 38.3 Å². The third-order valence-electron chi connectivity index (χ3n) is 3.20. The molecule has 1 aliphatic rings. The average molecular weight is 268 g/mol.